The monoisotopic (exact) mass is 451 g/mol. The lowest BCUT2D eigenvalue weighted by Crippen LogP contribution is -2.49. The maximum absolute atomic E-state index is 13.7. The summed E-state index contributed by atoms with van der Waals surface area (Å²) in [4.78, 5) is 33.7. The number of carbonyl (C=O) groups is 2. The first-order chi connectivity index (χ1) is 16.0. The molecule has 1 aromatic carbocycles. The van der Waals surface area contributed by atoms with E-state index in [-0.39, 0.29) is 29.1 Å². The summed E-state index contributed by atoms with van der Waals surface area (Å²) in [5.74, 6) is -0.111. The lowest BCUT2D eigenvalue weighted by molar-refractivity contribution is -0.143. The fraction of sp³-hybridized carbons (Fsp3) is 0.560. The number of amides is 2. The van der Waals surface area contributed by atoms with E-state index in [1.54, 1.807) is 12.5 Å². The molecule has 3 aliphatic rings. The maximum Gasteiger partial charge on any atom is 0.227 e. The average molecular weight is 452 g/mol. The molecular weight excluding hydrogens is 418 g/mol. The van der Waals surface area contributed by atoms with Crippen molar-refractivity contribution in [3.8, 4) is 5.69 Å². The van der Waals surface area contributed by atoms with Crippen LogP contribution in [0.25, 0.3) is 5.69 Å². The van der Waals surface area contributed by atoms with E-state index in [1.165, 1.54) is 5.56 Å². The Labute approximate surface area is 194 Å². The highest BCUT2D eigenvalue weighted by molar-refractivity contribution is 5.81. The fourth-order valence-corrected chi connectivity index (χ4v) is 5.87. The Morgan fingerprint density at radius 1 is 1.12 bits per heavy atom. The van der Waals surface area contributed by atoms with Gasteiger partial charge in [0.05, 0.1) is 12.2 Å². The van der Waals surface area contributed by atoms with Gasteiger partial charge in [-0.15, -0.1) is 0 Å². The Kier molecular flexibility index (Phi) is 6.21. The van der Waals surface area contributed by atoms with Gasteiger partial charge < -0.3 is 19.9 Å². The zero-order valence-corrected chi connectivity index (χ0v) is 19.1. The van der Waals surface area contributed by atoms with Crippen molar-refractivity contribution in [1.82, 2.24) is 19.4 Å². The second-order valence-corrected chi connectivity index (χ2v) is 9.84. The van der Waals surface area contributed by atoms with Crippen LogP contribution in [0.5, 0.6) is 0 Å². The van der Waals surface area contributed by atoms with Crippen LogP contribution in [-0.2, 0) is 20.9 Å². The van der Waals surface area contributed by atoms with Crippen molar-refractivity contribution in [3.05, 3.63) is 48.5 Å². The topological polar surface area (TPSA) is 93.7 Å². The summed E-state index contributed by atoms with van der Waals surface area (Å²) < 4.78 is 7.66. The number of rotatable bonds is 5. The molecule has 2 aromatic rings. The number of aromatic nitrogens is 2. The van der Waals surface area contributed by atoms with Crippen molar-refractivity contribution >= 4 is 11.8 Å². The molecule has 0 radical (unpaired) electrons. The third-order valence-electron chi connectivity index (χ3n) is 7.86. The Balaban J connectivity index is 1.28. The van der Waals surface area contributed by atoms with Gasteiger partial charge >= 0.3 is 0 Å². The molecule has 5 rings (SSSR count). The van der Waals surface area contributed by atoms with E-state index >= 15 is 0 Å². The van der Waals surface area contributed by atoms with Gasteiger partial charge in [0.2, 0.25) is 11.8 Å². The van der Waals surface area contributed by atoms with Gasteiger partial charge in [0.1, 0.15) is 0 Å². The highest BCUT2D eigenvalue weighted by Crippen LogP contribution is 2.45. The van der Waals surface area contributed by atoms with E-state index in [2.05, 4.69) is 34.1 Å². The lowest BCUT2D eigenvalue weighted by Gasteiger charge is -2.40. The number of piperidine rings is 1. The van der Waals surface area contributed by atoms with E-state index in [1.807, 2.05) is 15.7 Å². The van der Waals surface area contributed by atoms with Crippen molar-refractivity contribution in [2.45, 2.75) is 32.2 Å². The van der Waals surface area contributed by atoms with Crippen LogP contribution in [0.3, 0.4) is 0 Å². The maximum atomic E-state index is 13.7. The number of nitrogens with two attached hydrogens (primary N) is 1. The predicted octanol–water partition coefficient (Wildman–Crippen LogP) is 1.82. The van der Waals surface area contributed by atoms with Gasteiger partial charge in [-0.2, -0.15) is 0 Å². The van der Waals surface area contributed by atoms with Crippen molar-refractivity contribution in [2.75, 3.05) is 39.4 Å². The van der Waals surface area contributed by atoms with E-state index in [9.17, 15) is 9.59 Å². The van der Waals surface area contributed by atoms with Crippen LogP contribution in [0.2, 0.25) is 0 Å². The van der Waals surface area contributed by atoms with Gasteiger partial charge in [0.15, 0.2) is 0 Å². The van der Waals surface area contributed by atoms with Crippen molar-refractivity contribution < 1.29 is 14.3 Å². The molecular formula is C25H33N5O3. The Hall–Kier alpha value is -2.71. The van der Waals surface area contributed by atoms with Gasteiger partial charge in [-0.25, -0.2) is 4.98 Å². The minimum atomic E-state index is -0.242. The molecule has 176 valence electrons. The lowest BCUT2D eigenvalue weighted by atomic mass is 9.71. The van der Waals surface area contributed by atoms with Crippen LogP contribution in [-0.4, -0.2) is 70.6 Å². The summed E-state index contributed by atoms with van der Waals surface area (Å²) >= 11 is 0. The number of imidazole rings is 1. The van der Waals surface area contributed by atoms with E-state index in [0.29, 0.717) is 25.9 Å². The molecule has 1 unspecified atom stereocenters. The second-order valence-electron chi connectivity index (χ2n) is 9.84. The van der Waals surface area contributed by atoms with Crippen molar-refractivity contribution in [2.24, 2.45) is 23.0 Å². The predicted molar refractivity (Wildman–Crippen MR) is 123 cm³/mol. The fourth-order valence-electron chi connectivity index (χ4n) is 5.87. The minimum absolute atomic E-state index is 0.0169. The first kappa shape index (κ1) is 22.1. The molecule has 0 saturated carbocycles. The second kappa shape index (κ2) is 9.27. The number of ether oxygens (including phenoxy) is 1. The van der Waals surface area contributed by atoms with Gasteiger partial charge in [-0.05, 0) is 43.4 Å². The van der Waals surface area contributed by atoms with Crippen LogP contribution in [0.15, 0.2) is 43.0 Å². The van der Waals surface area contributed by atoms with Gasteiger partial charge in [-0.1, -0.05) is 12.1 Å². The molecule has 0 bridgehead atoms. The summed E-state index contributed by atoms with van der Waals surface area (Å²) in [5, 5.41) is 0. The van der Waals surface area contributed by atoms with Crippen LogP contribution in [0, 0.1) is 17.3 Å². The molecule has 3 fully saturated rings. The molecule has 0 aliphatic carbocycles. The highest BCUT2D eigenvalue weighted by atomic mass is 16.5. The van der Waals surface area contributed by atoms with Crippen LogP contribution in [0.4, 0.5) is 0 Å². The molecule has 3 saturated heterocycles. The van der Waals surface area contributed by atoms with Crippen LogP contribution < -0.4 is 5.73 Å². The van der Waals surface area contributed by atoms with Crippen LogP contribution in [0.1, 0.15) is 31.2 Å². The number of likely N-dealkylation sites (tertiary alicyclic amines) is 2. The van der Waals surface area contributed by atoms with Crippen molar-refractivity contribution in [3.63, 3.8) is 0 Å². The van der Waals surface area contributed by atoms with E-state index in [4.69, 9.17) is 10.5 Å². The number of benzene rings is 1. The quantitative estimate of drug-likeness (QED) is 0.749. The number of hydrogen-bond donors (Lipinski definition) is 1. The highest BCUT2D eigenvalue weighted by Gasteiger charge is 2.51. The van der Waals surface area contributed by atoms with Gasteiger partial charge in [0, 0.05) is 75.4 Å². The average Bonchev–Trinajstić information content (AvgIpc) is 3.49. The molecule has 33 heavy (non-hydrogen) atoms. The Morgan fingerprint density at radius 3 is 2.48 bits per heavy atom. The molecule has 2 amide bonds. The summed E-state index contributed by atoms with van der Waals surface area (Å²) in [5.41, 5.74) is 7.80. The first-order valence-corrected chi connectivity index (χ1v) is 12.0. The summed E-state index contributed by atoms with van der Waals surface area (Å²) in [7, 11) is 0. The molecule has 8 heteroatoms. The summed E-state index contributed by atoms with van der Waals surface area (Å²) in [6.07, 6.45) is 8.72. The molecule has 4 heterocycles. The number of hydrogen-bond acceptors (Lipinski definition) is 5. The Bertz CT molecular complexity index is 960. The zero-order chi connectivity index (χ0) is 22.8. The number of primary amides is 1. The van der Waals surface area contributed by atoms with Crippen molar-refractivity contribution in [1.29, 1.82) is 0 Å². The summed E-state index contributed by atoms with van der Waals surface area (Å²) in [6, 6.07) is 8.55. The largest absolute Gasteiger partial charge is 0.381 e. The number of nitrogens with zero attached hydrogens (tertiary/aromatic N) is 4. The molecule has 1 aromatic heterocycles. The van der Waals surface area contributed by atoms with E-state index < -0.39 is 0 Å². The third-order valence-corrected chi connectivity index (χ3v) is 7.86. The smallest absolute Gasteiger partial charge is 0.227 e. The SMILES string of the molecule is NC(=O)C1CCN(C(=O)C2CN(Cc3ccc(-n4ccnc4)cc3)CC23CCOCC3)CC1. The van der Waals surface area contributed by atoms with Gasteiger partial charge in [-0.3, -0.25) is 14.5 Å². The molecule has 3 aliphatic heterocycles. The summed E-state index contributed by atoms with van der Waals surface area (Å²) in [6.45, 7) is 5.24. The molecule has 1 spiro atoms. The molecule has 2 N–H and O–H groups in total. The molecule has 1 atom stereocenters. The van der Waals surface area contributed by atoms with Crippen LogP contribution >= 0.6 is 0 Å². The standard InChI is InChI=1S/C25H33N5O3/c26-23(31)20-5-10-29(11-6-20)24(32)22-16-28(17-25(22)7-13-33-14-8-25)15-19-1-3-21(4-2-19)30-12-9-27-18-30/h1-4,9,12,18,20,22H,5-8,10-11,13-17H2,(H2,26,31). The third kappa shape index (κ3) is 4.54. The zero-order valence-electron chi connectivity index (χ0n) is 19.1. The Morgan fingerprint density at radius 2 is 1.85 bits per heavy atom. The molecule has 8 nitrogen and oxygen atoms in total. The van der Waals surface area contributed by atoms with E-state index in [0.717, 1.165) is 51.4 Å². The number of carbonyl (C=O) groups excluding carboxylic acids is 2. The first-order valence-electron chi connectivity index (χ1n) is 12.0. The minimum Gasteiger partial charge on any atom is -0.381 e. The van der Waals surface area contributed by atoms with Gasteiger partial charge in [0.25, 0.3) is 0 Å². The normalized spacial score (nSPS) is 23.8.